The molecule has 0 atom stereocenters. The molecule has 0 bridgehead atoms. The van der Waals surface area contributed by atoms with E-state index < -0.39 is 23.3 Å². The summed E-state index contributed by atoms with van der Waals surface area (Å²) in [7, 11) is 0. The molecule has 0 spiro atoms. The van der Waals surface area contributed by atoms with Crippen LogP contribution in [0.5, 0.6) is 0 Å². The molecule has 0 radical (unpaired) electrons. The number of carboxylic acids is 1. The second kappa shape index (κ2) is 7.33. The van der Waals surface area contributed by atoms with Crippen LogP contribution in [-0.4, -0.2) is 28.4 Å². The van der Waals surface area contributed by atoms with Crippen LogP contribution in [0, 0.1) is 6.92 Å². The van der Waals surface area contributed by atoms with Gasteiger partial charge in [0.25, 0.3) is 11.8 Å². The highest BCUT2D eigenvalue weighted by molar-refractivity contribution is 7.18. The van der Waals surface area contributed by atoms with Crippen LogP contribution in [0.15, 0.2) is 28.9 Å². The van der Waals surface area contributed by atoms with Crippen LogP contribution in [0.1, 0.15) is 57.9 Å². The van der Waals surface area contributed by atoms with E-state index in [2.05, 4.69) is 10.6 Å². The van der Waals surface area contributed by atoms with E-state index in [1.165, 1.54) is 6.26 Å². The SMILES string of the molecule is Cc1cc(NC(=O)c2ccco2)sc1C(=O)NC1(C(=O)O)CCCCC1. The van der Waals surface area contributed by atoms with Crippen molar-refractivity contribution in [2.45, 2.75) is 44.6 Å². The van der Waals surface area contributed by atoms with E-state index in [1.807, 2.05) is 0 Å². The lowest BCUT2D eigenvalue weighted by atomic mass is 9.81. The van der Waals surface area contributed by atoms with Gasteiger partial charge >= 0.3 is 5.97 Å². The van der Waals surface area contributed by atoms with E-state index in [9.17, 15) is 19.5 Å². The zero-order valence-electron chi connectivity index (χ0n) is 14.3. The monoisotopic (exact) mass is 376 g/mol. The first-order chi connectivity index (χ1) is 12.4. The molecule has 3 N–H and O–H groups in total. The van der Waals surface area contributed by atoms with Crippen molar-refractivity contribution in [2.75, 3.05) is 5.32 Å². The van der Waals surface area contributed by atoms with Crippen molar-refractivity contribution in [2.24, 2.45) is 0 Å². The lowest BCUT2D eigenvalue weighted by Crippen LogP contribution is -2.55. The van der Waals surface area contributed by atoms with Gasteiger partial charge in [0.1, 0.15) is 5.54 Å². The Labute approximate surface area is 154 Å². The number of hydrogen-bond donors (Lipinski definition) is 3. The molecule has 8 heteroatoms. The van der Waals surface area contributed by atoms with Gasteiger partial charge in [0.2, 0.25) is 0 Å². The minimum Gasteiger partial charge on any atom is -0.480 e. The van der Waals surface area contributed by atoms with Crippen LogP contribution in [0.4, 0.5) is 5.00 Å². The number of nitrogens with one attached hydrogen (secondary N) is 2. The third-order valence-corrected chi connectivity index (χ3v) is 5.73. The van der Waals surface area contributed by atoms with E-state index in [-0.39, 0.29) is 5.76 Å². The largest absolute Gasteiger partial charge is 0.480 e. The van der Waals surface area contributed by atoms with Crippen LogP contribution >= 0.6 is 11.3 Å². The van der Waals surface area contributed by atoms with Crippen molar-refractivity contribution in [3.8, 4) is 0 Å². The van der Waals surface area contributed by atoms with E-state index >= 15 is 0 Å². The van der Waals surface area contributed by atoms with Crippen molar-refractivity contribution in [1.82, 2.24) is 5.32 Å². The number of carboxylic acid groups (broad SMARTS) is 1. The highest BCUT2D eigenvalue weighted by Crippen LogP contribution is 2.31. The summed E-state index contributed by atoms with van der Waals surface area (Å²) in [5.74, 6) is -1.65. The first-order valence-electron chi connectivity index (χ1n) is 8.42. The van der Waals surface area contributed by atoms with Crippen molar-refractivity contribution >= 4 is 34.1 Å². The normalized spacial score (nSPS) is 16.0. The van der Waals surface area contributed by atoms with Crippen LogP contribution in [0.25, 0.3) is 0 Å². The number of amides is 2. The van der Waals surface area contributed by atoms with Crippen LogP contribution < -0.4 is 10.6 Å². The Morgan fingerprint density at radius 3 is 2.54 bits per heavy atom. The van der Waals surface area contributed by atoms with Gasteiger partial charge in [0.05, 0.1) is 16.1 Å². The lowest BCUT2D eigenvalue weighted by Gasteiger charge is -2.33. The fourth-order valence-corrected chi connectivity index (χ4v) is 4.14. The molecular weight excluding hydrogens is 356 g/mol. The van der Waals surface area contributed by atoms with Gasteiger partial charge in [-0.05, 0) is 43.5 Å². The Hall–Kier alpha value is -2.61. The Morgan fingerprint density at radius 1 is 1.19 bits per heavy atom. The van der Waals surface area contributed by atoms with Crippen LogP contribution in [-0.2, 0) is 4.79 Å². The summed E-state index contributed by atoms with van der Waals surface area (Å²) in [6.07, 6.45) is 4.80. The summed E-state index contributed by atoms with van der Waals surface area (Å²) in [5, 5.41) is 15.5. The molecule has 138 valence electrons. The summed E-state index contributed by atoms with van der Waals surface area (Å²) in [6.45, 7) is 1.75. The topological polar surface area (TPSA) is 109 Å². The fourth-order valence-electron chi connectivity index (χ4n) is 3.17. The summed E-state index contributed by atoms with van der Waals surface area (Å²) in [6, 6.07) is 4.85. The first kappa shape index (κ1) is 18.2. The third-order valence-electron chi connectivity index (χ3n) is 4.58. The van der Waals surface area contributed by atoms with E-state index in [0.717, 1.165) is 30.6 Å². The molecule has 2 amide bonds. The number of aryl methyl sites for hydroxylation is 1. The smallest absolute Gasteiger partial charge is 0.329 e. The number of carbonyl (C=O) groups excluding carboxylic acids is 2. The minimum atomic E-state index is -1.21. The van der Waals surface area contributed by atoms with Gasteiger partial charge in [-0.3, -0.25) is 9.59 Å². The average Bonchev–Trinajstić information content (AvgIpc) is 3.25. The van der Waals surface area contributed by atoms with Crippen LogP contribution in [0.2, 0.25) is 0 Å². The second-order valence-electron chi connectivity index (χ2n) is 6.46. The number of furan rings is 1. The molecule has 1 aliphatic carbocycles. The van der Waals surface area contributed by atoms with Gasteiger partial charge in [-0.15, -0.1) is 11.3 Å². The minimum absolute atomic E-state index is 0.175. The third kappa shape index (κ3) is 3.65. The molecule has 0 aromatic carbocycles. The Kier molecular flexibility index (Phi) is 5.13. The number of carbonyl (C=O) groups is 3. The van der Waals surface area contributed by atoms with Gasteiger partial charge < -0.3 is 20.2 Å². The second-order valence-corrected chi connectivity index (χ2v) is 7.51. The zero-order chi connectivity index (χ0) is 18.7. The van der Waals surface area contributed by atoms with Crippen molar-refractivity contribution in [3.05, 3.63) is 40.7 Å². The standard InChI is InChI=1S/C18H20N2O5S/c1-11-10-13(19-15(21)12-6-5-9-25-12)26-14(11)16(22)20-18(17(23)24)7-3-2-4-8-18/h5-6,9-10H,2-4,7-8H2,1H3,(H,19,21)(H,20,22)(H,23,24). The highest BCUT2D eigenvalue weighted by Gasteiger charge is 2.41. The summed E-state index contributed by atoms with van der Waals surface area (Å²) >= 11 is 1.11. The Morgan fingerprint density at radius 2 is 1.92 bits per heavy atom. The Balaban J connectivity index is 1.74. The molecule has 1 aliphatic rings. The number of rotatable bonds is 5. The molecule has 2 aromatic heterocycles. The zero-order valence-corrected chi connectivity index (χ0v) is 15.1. The molecule has 0 unspecified atom stereocenters. The van der Waals surface area contributed by atoms with Crippen LogP contribution in [0.3, 0.4) is 0 Å². The number of aliphatic carboxylic acids is 1. The molecule has 7 nitrogen and oxygen atoms in total. The van der Waals surface area contributed by atoms with E-state index in [4.69, 9.17) is 4.42 Å². The molecule has 26 heavy (non-hydrogen) atoms. The van der Waals surface area contributed by atoms with Crippen molar-refractivity contribution in [3.63, 3.8) is 0 Å². The molecular formula is C18H20N2O5S. The van der Waals surface area contributed by atoms with Gasteiger partial charge in [0, 0.05) is 0 Å². The van der Waals surface area contributed by atoms with E-state index in [0.29, 0.717) is 28.3 Å². The summed E-state index contributed by atoms with van der Waals surface area (Å²) in [5.41, 5.74) is -0.526. The van der Waals surface area contributed by atoms with Gasteiger partial charge in [-0.25, -0.2) is 4.79 Å². The highest BCUT2D eigenvalue weighted by atomic mass is 32.1. The molecule has 1 fully saturated rings. The molecule has 0 saturated heterocycles. The molecule has 3 rings (SSSR count). The molecule has 0 aliphatic heterocycles. The molecule has 1 saturated carbocycles. The Bertz CT molecular complexity index is 819. The van der Waals surface area contributed by atoms with Gasteiger partial charge in [-0.1, -0.05) is 19.3 Å². The molecule has 2 aromatic rings. The summed E-state index contributed by atoms with van der Waals surface area (Å²) in [4.78, 5) is 36.8. The number of anilines is 1. The maximum atomic E-state index is 12.7. The number of thiophene rings is 1. The lowest BCUT2D eigenvalue weighted by molar-refractivity contribution is -0.145. The summed E-state index contributed by atoms with van der Waals surface area (Å²) < 4.78 is 5.04. The van der Waals surface area contributed by atoms with Gasteiger partial charge in [0.15, 0.2) is 5.76 Å². The number of hydrogen-bond acceptors (Lipinski definition) is 5. The average molecular weight is 376 g/mol. The maximum absolute atomic E-state index is 12.7. The predicted molar refractivity (Wildman–Crippen MR) is 96.6 cm³/mol. The fraction of sp³-hybridized carbons (Fsp3) is 0.389. The first-order valence-corrected chi connectivity index (χ1v) is 9.24. The van der Waals surface area contributed by atoms with Crippen molar-refractivity contribution in [1.29, 1.82) is 0 Å². The van der Waals surface area contributed by atoms with Crippen molar-refractivity contribution < 1.29 is 23.9 Å². The molecule has 2 heterocycles. The quantitative estimate of drug-likeness (QED) is 0.741. The predicted octanol–water partition coefficient (Wildman–Crippen LogP) is 3.42. The van der Waals surface area contributed by atoms with E-state index in [1.54, 1.807) is 25.1 Å². The van der Waals surface area contributed by atoms with Gasteiger partial charge in [-0.2, -0.15) is 0 Å². The maximum Gasteiger partial charge on any atom is 0.329 e.